The maximum absolute atomic E-state index is 6.97. The van der Waals surface area contributed by atoms with Crippen molar-refractivity contribution in [2.75, 3.05) is 0 Å². The molecular weight excluding hydrogens is 576 g/mol. The topological polar surface area (TPSA) is 44.2 Å². The molecule has 0 bridgehead atoms. The Morgan fingerprint density at radius 3 is 1.98 bits per heavy atom. The number of aromatic nitrogens is 2. The van der Waals surface area contributed by atoms with Crippen LogP contribution in [0.5, 0.6) is 23.0 Å². The van der Waals surface area contributed by atoms with Gasteiger partial charge in [-0.05, 0) is 64.7 Å². The lowest BCUT2D eigenvalue weighted by Crippen LogP contribution is -2.15. The van der Waals surface area contributed by atoms with E-state index in [9.17, 15) is 0 Å². The molecule has 7 aromatic rings. The minimum Gasteiger partial charge on any atom is -0.449 e. The summed E-state index contributed by atoms with van der Waals surface area (Å²) < 4.78 is 13.6. The van der Waals surface area contributed by atoms with E-state index in [2.05, 4.69) is 104 Å². The first kappa shape index (κ1) is 27.3. The molecule has 0 atom stereocenters. The first-order chi connectivity index (χ1) is 23.0. The highest BCUT2D eigenvalue weighted by Crippen LogP contribution is 2.59. The van der Waals surface area contributed by atoms with Crippen molar-refractivity contribution in [3.8, 4) is 79.0 Å². The summed E-state index contributed by atoms with van der Waals surface area (Å²) in [5.74, 6) is 2.89. The summed E-state index contributed by atoms with van der Waals surface area (Å²) in [7, 11) is 0. The van der Waals surface area contributed by atoms with E-state index < -0.39 is 0 Å². The number of para-hydroxylation sites is 1. The summed E-state index contributed by atoms with van der Waals surface area (Å²) in [6, 6.07) is 47.9. The molecule has 47 heavy (non-hydrogen) atoms. The molecule has 3 heterocycles. The largest absolute Gasteiger partial charge is 0.449 e. The first-order valence-electron chi connectivity index (χ1n) is 15.9. The third-order valence-corrected chi connectivity index (χ3v) is 9.39. The zero-order valence-electron chi connectivity index (χ0n) is 26.1. The van der Waals surface area contributed by atoms with Gasteiger partial charge in [-0.1, -0.05) is 111 Å². The van der Waals surface area contributed by atoms with Gasteiger partial charge in [0, 0.05) is 39.4 Å². The molecule has 0 N–H and O–H groups in total. The van der Waals surface area contributed by atoms with E-state index >= 15 is 0 Å². The van der Waals surface area contributed by atoms with Crippen molar-refractivity contribution < 1.29 is 9.47 Å². The molecule has 0 radical (unpaired) electrons. The third kappa shape index (κ3) is 4.44. The van der Waals surface area contributed by atoms with Gasteiger partial charge in [-0.2, -0.15) is 0 Å². The number of ether oxygens (including phenoxy) is 2. The second-order valence-corrected chi connectivity index (χ2v) is 12.6. The normalized spacial score (nSPS) is 13.4. The summed E-state index contributed by atoms with van der Waals surface area (Å²) in [5.41, 5.74) is 12.4. The molecule has 4 nitrogen and oxygen atoms in total. The van der Waals surface area contributed by atoms with Gasteiger partial charge < -0.3 is 9.47 Å². The molecule has 4 heteroatoms. The fourth-order valence-electron chi connectivity index (χ4n) is 7.04. The summed E-state index contributed by atoms with van der Waals surface area (Å²) >= 11 is 0. The van der Waals surface area contributed by atoms with Crippen molar-refractivity contribution in [2.45, 2.75) is 19.3 Å². The van der Waals surface area contributed by atoms with E-state index in [0.717, 1.165) is 62.0 Å². The molecule has 0 unspecified atom stereocenters. The molecule has 1 aliphatic carbocycles. The van der Waals surface area contributed by atoms with E-state index in [-0.39, 0.29) is 5.41 Å². The highest BCUT2D eigenvalue weighted by Gasteiger charge is 2.39. The molecule has 9 rings (SSSR count). The van der Waals surface area contributed by atoms with Crippen LogP contribution < -0.4 is 9.47 Å². The van der Waals surface area contributed by atoms with Crippen LogP contribution >= 0.6 is 0 Å². The van der Waals surface area contributed by atoms with Gasteiger partial charge in [0.25, 0.3) is 0 Å². The number of nitrogens with zero attached hydrogens (tertiary/aromatic N) is 2. The standard InChI is InChI=1S/C43H30N2O2/c1-43(2)33-18-7-6-16-32(33)40-34(43)21-22-39-42(40)47-41-31(17-11-20-38(41)46-39)30-25-36(27-12-4-3-5-13-27)45-37(26-30)29-15-10-14-28(24-29)35-19-8-9-23-44-35/h3-26H,1-2H3. The lowest BCUT2D eigenvalue weighted by molar-refractivity contribution is 0.361. The number of pyridine rings is 2. The van der Waals surface area contributed by atoms with Gasteiger partial charge >= 0.3 is 0 Å². The minimum absolute atomic E-state index is 0.140. The van der Waals surface area contributed by atoms with E-state index in [1.165, 1.54) is 16.7 Å². The smallest absolute Gasteiger partial charge is 0.178 e. The zero-order chi connectivity index (χ0) is 31.5. The van der Waals surface area contributed by atoms with Gasteiger partial charge in [0.2, 0.25) is 0 Å². The quantitative estimate of drug-likeness (QED) is 0.200. The molecule has 0 fully saturated rings. The Labute approximate surface area is 274 Å². The van der Waals surface area contributed by atoms with Crippen LogP contribution in [0.3, 0.4) is 0 Å². The number of fused-ring (bicyclic) bond motifs is 6. The van der Waals surface area contributed by atoms with Gasteiger partial charge in [-0.25, -0.2) is 4.98 Å². The van der Waals surface area contributed by atoms with Crippen molar-refractivity contribution >= 4 is 0 Å². The predicted molar refractivity (Wildman–Crippen MR) is 188 cm³/mol. The summed E-state index contributed by atoms with van der Waals surface area (Å²) in [5, 5.41) is 0. The SMILES string of the molecule is CC1(C)c2ccccc2-c2c1ccc1c2Oc2c(cccc2-c2cc(-c3ccccc3)nc(-c3cccc(-c4ccccn4)c3)c2)O1. The summed E-state index contributed by atoms with van der Waals surface area (Å²) in [6.07, 6.45) is 1.82. The van der Waals surface area contributed by atoms with Crippen molar-refractivity contribution in [1.82, 2.24) is 9.97 Å². The zero-order valence-corrected chi connectivity index (χ0v) is 26.1. The van der Waals surface area contributed by atoms with Crippen LogP contribution in [0.1, 0.15) is 25.0 Å². The van der Waals surface area contributed by atoms with Crippen molar-refractivity contribution in [2.24, 2.45) is 0 Å². The molecule has 224 valence electrons. The monoisotopic (exact) mass is 606 g/mol. The van der Waals surface area contributed by atoms with Gasteiger partial charge in [-0.15, -0.1) is 0 Å². The predicted octanol–water partition coefficient (Wildman–Crippen LogP) is 11.3. The molecule has 0 spiro atoms. The molecule has 1 aliphatic heterocycles. The Hall–Kier alpha value is -6.00. The molecule has 0 saturated carbocycles. The molecular formula is C43H30N2O2. The first-order valence-corrected chi connectivity index (χ1v) is 15.9. The lowest BCUT2D eigenvalue weighted by atomic mass is 9.82. The Morgan fingerprint density at radius 2 is 1.15 bits per heavy atom. The van der Waals surface area contributed by atoms with E-state index in [1.807, 2.05) is 60.8 Å². The van der Waals surface area contributed by atoms with E-state index in [1.54, 1.807) is 0 Å². The van der Waals surface area contributed by atoms with E-state index in [4.69, 9.17) is 14.5 Å². The summed E-state index contributed by atoms with van der Waals surface area (Å²) in [4.78, 5) is 9.76. The van der Waals surface area contributed by atoms with Crippen LogP contribution in [0.15, 0.2) is 146 Å². The number of hydrogen-bond donors (Lipinski definition) is 0. The fourth-order valence-corrected chi connectivity index (χ4v) is 7.04. The van der Waals surface area contributed by atoms with Crippen LogP contribution in [-0.2, 0) is 5.41 Å². The van der Waals surface area contributed by atoms with Crippen LogP contribution in [0.4, 0.5) is 0 Å². The van der Waals surface area contributed by atoms with Gasteiger partial charge in [0.1, 0.15) is 0 Å². The van der Waals surface area contributed by atoms with Crippen molar-refractivity contribution in [3.05, 3.63) is 157 Å². The van der Waals surface area contributed by atoms with Crippen LogP contribution in [0, 0.1) is 0 Å². The van der Waals surface area contributed by atoms with Crippen LogP contribution in [0.2, 0.25) is 0 Å². The third-order valence-electron chi connectivity index (χ3n) is 9.39. The Balaban J connectivity index is 1.21. The second-order valence-electron chi connectivity index (χ2n) is 12.6. The highest BCUT2D eigenvalue weighted by molar-refractivity contribution is 5.89. The van der Waals surface area contributed by atoms with Gasteiger partial charge in [0.15, 0.2) is 23.0 Å². The lowest BCUT2D eigenvalue weighted by Gasteiger charge is -2.26. The summed E-state index contributed by atoms with van der Waals surface area (Å²) in [6.45, 7) is 4.55. The highest BCUT2D eigenvalue weighted by atomic mass is 16.6. The fraction of sp³-hybridized carbons (Fsp3) is 0.0698. The average molecular weight is 607 g/mol. The molecule has 2 aliphatic rings. The Kier molecular flexibility index (Phi) is 6.12. The van der Waals surface area contributed by atoms with Crippen molar-refractivity contribution in [3.63, 3.8) is 0 Å². The number of rotatable bonds is 4. The molecule has 0 saturated heterocycles. The Morgan fingerprint density at radius 1 is 0.468 bits per heavy atom. The molecule has 5 aromatic carbocycles. The average Bonchev–Trinajstić information content (AvgIpc) is 3.37. The maximum atomic E-state index is 6.97. The van der Waals surface area contributed by atoms with Crippen LogP contribution in [0.25, 0.3) is 56.0 Å². The number of hydrogen-bond acceptors (Lipinski definition) is 4. The van der Waals surface area contributed by atoms with Crippen LogP contribution in [-0.4, -0.2) is 9.97 Å². The molecule has 0 amide bonds. The van der Waals surface area contributed by atoms with Gasteiger partial charge in [-0.3, -0.25) is 4.98 Å². The maximum Gasteiger partial charge on any atom is 0.178 e. The van der Waals surface area contributed by atoms with E-state index in [0.29, 0.717) is 11.5 Å². The molecule has 2 aromatic heterocycles. The van der Waals surface area contributed by atoms with Gasteiger partial charge in [0.05, 0.1) is 17.1 Å². The van der Waals surface area contributed by atoms with Crippen molar-refractivity contribution in [1.29, 1.82) is 0 Å². The Bertz CT molecular complexity index is 2330. The second kappa shape index (κ2) is 10.5. The minimum atomic E-state index is -0.140. The number of benzene rings is 5.